The Balaban J connectivity index is 2.72. The fraction of sp³-hybridized carbons (Fsp3) is 0.308. The Labute approximate surface area is 84.8 Å². The third kappa shape index (κ3) is 1.50. The summed E-state index contributed by atoms with van der Waals surface area (Å²) in [5, 5.41) is 2.56. The van der Waals surface area contributed by atoms with Crippen molar-refractivity contribution in [3.05, 3.63) is 41.7 Å². The predicted molar refractivity (Wildman–Crippen MR) is 60.6 cm³/mol. The van der Waals surface area contributed by atoms with E-state index in [1.165, 1.54) is 21.9 Å². The van der Waals surface area contributed by atoms with Crippen molar-refractivity contribution in [1.29, 1.82) is 0 Å². The third-order valence-electron chi connectivity index (χ3n) is 2.65. The first-order valence-electron chi connectivity index (χ1n) is 5.03. The summed E-state index contributed by atoms with van der Waals surface area (Å²) >= 11 is 0. The number of nitrogens with zero attached hydrogens (tertiary/aromatic N) is 1. The number of aromatic nitrogens is 1. The van der Waals surface area contributed by atoms with Gasteiger partial charge in [-0.1, -0.05) is 19.9 Å². The molecule has 14 heavy (non-hydrogen) atoms. The second kappa shape index (κ2) is 3.41. The smallest absolute Gasteiger partial charge is 0.0346 e. The van der Waals surface area contributed by atoms with Crippen molar-refractivity contribution in [3.8, 4) is 0 Å². The molecule has 0 fully saturated rings. The van der Waals surface area contributed by atoms with Crippen molar-refractivity contribution in [3.63, 3.8) is 0 Å². The number of benzene rings is 1. The minimum Gasteiger partial charge on any atom is -0.264 e. The summed E-state index contributed by atoms with van der Waals surface area (Å²) in [6.45, 7) is 6.60. The fourth-order valence-corrected chi connectivity index (χ4v) is 1.76. The first-order valence-corrected chi connectivity index (χ1v) is 5.03. The molecule has 0 radical (unpaired) electrons. The average molecular weight is 185 g/mol. The van der Waals surface area contributed by atoms with E-state index in [-0.39, 0.29) is 0 Å². The highest BCUT2D eigenvalue weighted by Gasteiger charge is 2.03. The maximum Gasteiger partial charge on any atom is 0.0346 e. The molecule has 2 rings (SSSR count). The van der Waals surface area contributed by atoms with Gasteiger partial charge in [0, 0.05) is 17.8 Å². The van der Waals surface area contributed by atoms with Gasteiger partial charge in [-0.25, -0.2) is 0 Å². The van der Waals surface area contributed by atoms with E-state index in [1.54, 1.807) is 0 Å². The summed E-state index contributed by atoms with van der Waals surface area (Å²) in [5.41, 5.74) is 2.73. The molecule has 0 N–H and O–H groups in total. The van der Waals surface area contributed by atoms with Crippen LogP contribution in [0.15, 0.2) is 30.6 Å². The van der Waals surface area contributed by atoms with Crippen molar-refractivity contribution >= 4 is 10.8 Å². The van der Waals surface area contributed by atoms with E-state index >= 15 is 0 Å². The van der Waals surface area contributed by atoms with Crippen molar-refractivity contribution < 1.29 is 0 Å². The quantitative estimate of drug-likeness (QED) is 0.660. The highest BCUT2D eigenvalue weighted by molar-refractivity contribution is 5.85. The van der Waals surface area contributed by atoms with Crippen LogP contribution in [0.2, 0.25) is 0 Å². The summed E-state index contributed by atoms with van der Waals surface area (Å²) in [4.78, 5) is 4.15. The zero-order valence-corrected chi connectivity index (χ0v) is 8.91. The highest BCUT2D eigenvalue weighted by atomic mass is 14.6. The molecule has 0 aliphatic carbocycles. The average Bonchev–Trinajstić information content (AvgIpc) is 2.17. The minimum atomic E-state index is 0.582. The van der Waals surface area contributed by atoms with Crippen LogP contribution in [-0.4, -0.2) is 4.98 Å². The lowest BCUT2D eigenvalue weighted by Crippen LogP contribution is -1.90. The normalized spacial score (nSPS) is 11.1. The van der Waals surface area contributed by atoms with E-state index in [0.29, 0.717) is 5.92 Å². The molecule has 1 heteroatoms. The lowest BCUT2D eigenvalue weighted by atomic mass is 9.97. The minimum absolute atomic E-state index is 0.582. The molecular formula is C13H15N. The van der Waals surface area contributed by atoms with Gasteiger partial charge in [0.15, 0.2) is 0 Å². The van der Waals surface area contributed by atoms with Gasteiger partial charge in [0.1, 0.15) is 0 Å². The topological polar surface area (TPSA) is 12.9 Å². The van der Waals surface area contributed by atoms with Gasteiger partial charge in [-0.3, -0.25) is 4.98 Å². The summed E-state index contributed by atoms with van der Waals surface area (Å²) in [6.07, 6.45) is 3.79. The SMILES string of the molecule is Cc1cc(C(C)C)cc2cnccc12. The zero-order valence-electron chi connectivity index (χ0n) is 8.91. The molecule has 1 heterocycles. The lowest BCUT2D eigenvalue weighted by molar-refractivity contribution is 0.867. The molecule has 0 amide bonds. The monoisotopic (exact) mass is 185 g/mol. The van der Waals surface area contributed by atoms with Gasteiger partial charge in [-0.2, -0.15) is 0 Å². The van der Waals surface area contributed by atoms with Crippen molar-refractivity contribution in [1.82, 2.24) is 4.98 Å². The Morgan fingerprint density at radius 2 is 2.00 bits per heavy atom. The van der Waals surface area contributed by atoms with Crippen LogP contribution in [0.3, 0.4) is 0 Å². The first-order chi connectivity index (χ1) is 6.68. The Morgan fingerprint density at radius 3 is 2.71 bits per heavy atom. The Kier molecular flexibility index (Phi) is 2.24. The number of hydrogen-bond acceptors (Lipinski definition) is 1. The van der Waals surface area contributed by atoms with Gasteiger partial charge < -0.3 is 0 Å². The zero-order chi connectivity index (χ0) is 10.1. The van der Waals surface area contributed by atoms with Crippen LogP contribution in [0.5, 0.6) is 0 Å². The molecule has 0 aliphatic rings. The van der Waals surface area contributed by atoms with Gasteiger partial charge in [0.2, 0.25) is 0 Å². The first kappa shape index (κ1) is 9.20. The number of aryl methyl sites for hydroxylation is 1. The summed E-state index contributed by atoms with van der Waals surface area (Å²) in [7, 11) is 0. The van der Waals surface area contributed by atoms with Crippen LogP contribution in [0.25, 0.3) is 10.8 Å². The van der Waals surface area contributed by atoms with Crippen molar-refractivity contribution in [2.75, 3.05) is 0 Å². The molecule has 0 bridgehead atoms. The standard InChI is InChI=1S/C13H15N/c1-9(2)11-6-10(3)13-4-5-14-8-12(13)7-11/h4-9H,1-3H3. The molecule has 1 nitrogen and oxygen atoms in total. The number of hydrogen-bond donors (Lipinski definition) is 0. The maximum absolute atomic E-state index is 4.15. The molecule has 0 aliphatic heterocycles. The third-order valence-corrected chi connectivity index (χ3v) is 2.65. The van der Waals surface area contributed by atoms with Gasteiger partial charge >= 0.3 is 0 Å². The van der Waals surface area contributed by atoms with Crippen molar-refractivity contribution in [2.24, 2.45) is 0 Å². The van der Waals surface area contributed by atoms with Crippen molar-refractivity contribution in [2.45, 2.75) is 26.7 Å². The van der Waals surface area contributed by atoms with Gasteiger partial charge in [-0.05, 0) is 41.5 Å². The Morgan fingerprint density at radius 1 is 1.21 bits per heavy atom. The summed E-state index contributed by atoms with van der Waals surface area (Å²) < 4.78 is 0. The molecule has 1 aromatic carbocycles. The molecule has 0 unspecified atom stereocenters. The van der Waals surface area contributed by atoms with Crippen LogP contribution in [0, 0.1) is 6.92 Å². The van der Waals surface area contributed by atoms with E-state index in [9.17, 15) is 0 Å². The second-order valence-corrected chi connectivity index (χ2v) is 4.09. The lowest BCUT2D eigenvalue weighted by Gasteiger charge is -2.09. The van der Waals surface area contributed by atoms with E-state index in [4.69, 9.17) is 0 Å². The van der Waals surface area contributed by atoms with E-state index in [2.05, 4.69) is 44.0 Å². The van der Waals surface area contributed by atoms with E-state index in [1.807, 2.05) is 12.4 Å². The van der Waals surface area contributed by atoms with Gasteiger partial charge in [0.25, 0.3) is 0 Å². The molecule has 72 valence electrons. The van der Waals surface area contributed by atoms with Crippen LogP contribution in [0.1, 0.15) is 30.9 Å². The van der Waals surface area contributed by atoms with E-state index < -0.39 is 0 Å². The number of fused-ring (bicyclic) bond motifs is 1. The maximum atomic E-state index is 4.15. The molecule has 0 spiro atoms. The van der Waals surface area contributed by atoms with Gasteiger partial charge in [-0.15, -0.1) is 0 Å². The molecule has 2 aromatic rings. The fourth-order valence-electron chi connectivity index (χ4n) is 1.76. The van der Waals surface area contributed by atoms with Gasteiger partial charge in [0.05, 0.1) is 0 Å². The number of rotatable bonds is 1. The number of pyridine rings is 1. The summed E-state index contributed by atoms with van der Waals surface area (Å²) in [6, 6.07) is 6.59. The predicted octanol–water partition coefficient (Wildman–Crippen LogP) is 3.67. The Hall–Kier alpha value is -1.37. The molecule has 0 atom stereocenters. The molecule has 0 saturated carbocycles. The summed E-state index contributed by atoms with van der Waals surface area (Å²) in [5.74, 6) is 0.582. The van der Waals surface area contributed by atoms with Crippen LogP contribution < -0.4 is 0 Å². The molecule has 1 aromatic heterocycles. The van der Waals surface area contributed by atoms with Crippen LogP contribution in [0.4, 0.5) is 0 Å². The van der Waals surface area contributed by atoms with E-state index in [0.717, 1.165) is 0 Å². The second-order valence-electron chi connectivity index (χ2n) is 4.09. The molecule has 0 saturated heterocycles. The van der Waals surface area contributed by atoms with Crippen LogP contribution in [-0.2, 0) is 0 Å². The van der Waals surface area contributed by atoms with Crippen LogP contribution >= 0.6 is 0 Å². The highest BCUT2D eigenvalue weighted by Crippen LogP contribution is 2.23. The largest absolute Gasteiger partial charge is 0.264 e. The Bertz CT molecular complexity index is 458. The molecular weight excluding hydrogens is 170 g/mol.